The van der Waals surface area contributed by atoms with Crippen molar-refractivity contribution >= 4 is 17.5 Å². The van der Waals surface area contributed by atoms with Crippen LogP contribution in [0.2, 0.25) is 0 Å². The first-order valence-electron chi connectivity index (χ1n) is 12.0. The van der Waals surface area contributed by atoms with Gasteiger partial charge in [-0.3, -0.25) is 4.99 Å². The number of rotatable bonds is 5. The third-order valence-corrected chi connectivity index (χ3v) is 7.95. The minimum Gasteiger partial charge on any atom is -0.369 e. The second-order valence-corrected chi connectivity index (χ2v) is 10.5. The maximum absolute atomic E-state index is 15.0. The second kappa shape index (κ2) is 8.83. The van der Waals surface area contributed by atoms with Gasteiger partial charge in [0.25, 0.3) is 0 Å². The van der Waals surface area contributed by atoms with Gasteiger partial charge in [0.05, 0.1) is 17.5 Å². The average molecular weight is 488 g/mol. The number of halogens is 2. The Hall–Kier alpha value is -3.12. The van der Waals surface area contributed by atoms with Gasteiger partial charge in [-0.1, -0.05) is 30.3 Å². The van der Waals surface area contributed by atoms with Crippen LogP contribution in [0.5, 0.6) is 0 Å². The molecule has 0 saturated heterocycles. The summed E-state index contributed by atoms with van der Waals surface area (Å²) in [6, 6.07) is 13.2. The highest BCUT2D eigenvalue weighted by atomic mass is 32.2. The molecule has 1 saturated carbocycles. The molecular weight excluding hydrogens is 460 g/mol. The van der Waals surface area contributed by atoms with Crippen molar-refractivity contribution in [2.24, 2.45) is 16.8 Å². The van der Waals surface area contributed by atoms with E-state index in [1.54, 1.807) is 23.9 Å². The molecule has 2 aromatic carbocycles. The number of aliphatic imine (C=N–C) groups is 1. The fourth-order valence-electron chi connectivity index (χ4n) is 5.11. The van der Waals surface area contributed by atoms with Gasteiger partial charge in [0.15, 0.2) is 0 Å². The minimum atomic E-state index is -0.221. The Morgan fingerprint density at radius 3 is 2.63 bits per heavy atom. The van der Waals surface area contributed by atoms with E-state index in [4.69, 9.17) is 4.99 Å². The van der Waals surface area contributed by atoms with Gasteiger partial charge >= 0.3 is 0 Å². The summed E-state index contributed by atoms with van der Waals surface area (Å²) in [5.74, 6) is 0.560. The van der Waals surface area contributed by atoms with E-state index in [1.807, 2.05) is 73.1 Å². The quantitative estimate of drug-likeness (QED) is 0.445. The first-order chi connectivity index (χ1) is 17.0. The van der Waals surface area contributed by atoms with Crippen molar-refractivity contribution in [3.63, 3.8) is 0 Å². The first kappa shape index (κ1) is 22.4. The van der Waals surface area contributed by atoms with Crippen LogP contribution in [0, 0.1) is 17.7 Å². The third kappa shape index (κ3) is 4.36. The Morgan fingerprint density at radius 2 is 1.86 bits per heavy atom. The van der Waals surface area contributed by atoms with E-state index in [2.05, 4.69) is 11.0 Å². The number of nitrogens with zero attached hydrogens (tertiary/aromatic N) is 3. The van der Waals surface area contributed by atoms with Gasteiger partial charge in [0.1, 0.15) is 11.6 Å². The van der Waals surface area contributed by atoms with Crippen LogP contribution in [-0.4, -0.2) is 41.4 Å². The van der Waals surface area contributed by atoms with Gasteiger partial charge in [0, 0.05) is 48.6 Å². The molecule has 1 fully saturated rings. The summed E-state index contributed by atoms with van der Waals surface area (Å²) in [6.45, 7) is 1.19. The van der Waals surface area contributed by atoms with Crippen LogP contribution < -0.4 is 0 Å². The van der Waals surface area contributed by atoms with Gasteiger partial charge in [-0.25, -0.2) is 8.78 Å². The van der Waals surface area contributed by atoms with Gasteiger partial charge in [-0.2, -0.15) is 0 Å². The predicted octanol–water partition coefficient (Wildman–Crippen LogP) is 6.57. The summed E-state index contributed by atoms with van der Waals surface area (Å²) >= 11 is 1.67. The summed E-state index contributed by atoms with van der Waals surface area (Å²) in [6.07, 6.45) is 12.9. The summed E-state index contributed by atoms with van der Waals surface area (Å²) in [4.78, 5) is 10.2. The number of fused-ring (bicyclic) bond motifs is 2. The molecule has 3 atom stereocenters. The van der Waals surface area contributed by atoms with E-state index in [0.29, 0.717) is 30.5 Å². The molecular formula is C29H27F2N3S. The Labute approximate surface area is 209 Å². The van der Waals surface area contributed by atoms with Crippen LogP contribution in [0.15, 0.2) is 100 Å². The third-order valence-electron chi connectivity index (χ3n) is 7.21. The molecule has 2 aromatic rings. The number of thioether (sulfide) groups is 1. The molecule has 3 unspecified atom stereocenters. The largest absolute Gasteiger partial charge is 0.369 e. The lowest BCUT2D eigenvalue weighted by molar-refractivity contribution is 0.378. The van der Waals surface area contributed by atoms with Crippen molar-refractivity contribution in [2.45, 2.75) is 23.9 Å². The zero-order valence-electron chi connectivity index (χ0n) is 19.8. The summed E-state index contributed by atoms with van der Waals surface area (Å²) in [5, 5.41) is 0. The van der Waals surface area contributed by atoms with E-state index in [1.165, 1.54) is 0 Å². The first-order valence-corrected chi connectivity index (χ1v) is 13.2. The maximum atomic E-state index is 15.0. The van der Waals surface area contributed by atoms with E-state index in [9.17, 15) is 8.78 Å². The molecule has 0 bridgehead atoms. The zero-order chi connectivity index (χ0) is 24.1. The molecule has 6 rings (SSSR count). The summed E-state index contributed by atoms with van der Waals surface area (Å²) < 4.78 is 29.6. The molecule has 35 heavy (non-hydrogen) atoms. The van der Waals surface area contributed by atoms with Crippen LogP contribution in [0.4, 0.5) is 8.78 Å². The van der Waals surface area contributed by atoms with Crippen LogP contribution in [-0.2, 0) is 6.54 Å². The SMILES string of the molecule is CSc1ccc(-c2ccc(CN3C=CC4=NC(C5=CC6CC6C=C5F)CN(C)C4=C3)cc2F)cc1. The van der Waals surface area contributed by atoms with E-state index in [-0.39, 0.29) is 17.7 Å². The van der Waals surface area contributed by atoms with Gasteiger partial charge in [-0.05, 0) is 66.0 Å². The van der Waals surface area contributed by atoms with Crippen molar-refractivity contribution in [1.82, 2.24) is 9.80 Å². The molecule has 0 spiro atoms. The van der Waals surface area contributed by atoms with Crippen molar-refractivity contribution in [1.29, 1.82) is 0 Å². The average Bonchev–Trinajstić information content (AvgIpc) is 3.62. The molecule has 0 radical (unpaired) electrons. The van der Waals surface area contributed by atoms with Gasteiger partial charge in [-0.15, -0.1) is 11.8 Å². The highest BCUT2D eigenvalue weighted by Gasteiger charge is 2.40. The highest BCUT2D eigenvalue weighted by Crippen LogP contribution is 2.47. The maximum Gasteiger partial charge on any atom is 0.131 e. The van der Waals surface area contributed by atoms with Crippen LogP contribution >= 0.6 is 11.8 Å². The number of hydrogen-bond donors (Lipinski definition) is 0. The molecule has 2 heterocycles. The van der Waals surface area contributed by atoms with Gasteiger partial charge < -0.3 is 9.80 Å². The van der Waals surface area contributed by atoms with E-state index >= 15 is 0 Å². The zero-order valence-corrected chi connectivity index (χ0v) is 20.6. The highest BCUT2D eigenvalue weighted by molar-refractivity contribution is 7.98. The molecule has 2 aliphatic carbocycles. The Kier molecular flexibility index (Phi) is 5.64. The van der Waals surface area contributed by atoms with Crippen LogP contribution in [0.25, 0.3) is 11.1 Å². The fraction of sp³-hybridized carbons (Fsp3) is 0.276. The molecule has 4 aliphatic rings. The van der Waals surface area contributed by atoms with Crippen molar-refractivity contribution in [3.8, 4) is 11.1 Å². The molecule has 0 amide bonds. The lowest BCUT2D eigenvalue weighted by Crippen LogP contribution is -2.39. The Morgan fingerprint density at radius 1 is 1.06 bits per heavy atom. The molecule has 0 aromatic heterocycles. The Balaban J connectivity index is 1.18. The van der Waals surface area contributed by atoms with Gasteiger partial charge in [0.2, 0.25) is 0 Å². The van der Waals surface area contributed by atoms with Crippen LogP contribution in [0.1, 0.15) is 12.0 Å². The number of benzene rings is 2. The molecule has 3 nitrogen and oxygen atoms in total. The number of hydrogen-bond acceptors (Lipinski definition) is 4. The topological polar surface area (TPSA) is 18.8 Å². The lowest BCUT2D eigenvalue weighted by atomic mass is 9.96. The normalized spacial score (nSPS) is 24.7. The minimum absolute atomic E-state index is 0.106. The summed E-state index contributed by atoms with van der Waals surface area (Å²) in [5.41, 5.74) is 4.97. The molecule has 0 N–H and O–H groups in total. The second-order valence-electron chi connectivity index (χ2n) is 9.66. The standard InChI is InChI=1S/C29H27F2N3S/c1-33-16-28(24-13-20-12-21(20)14-26(24)31)32-27-9-10-34(17-29(27)33)15-18-3-8-23(25(30)11-18)19-4-6-22(35-2)7-5-19/h3-11,13-14,17,20-21,28H,12,15-16H2,1-2H3. The molecule has 178 valence electrons. The number of likely N-dealkylation sites (N-methyl/N-ethyl adjacent to an activating group) is 1. The van der Waals surface area contributed by atoms with E-state index in [0.717, 1.165) is 39.4 Å². The monoisotopic (exact) mass is 487 g/mol. The summed E-state index contributed by atoms with van der Waals surface area (Å²) in [7, 11) is 2.02. The van der Waals surface area contributed by atoms with Crippen molar-refractivity contribution in [2.75, 3.05) is 19.8 Å². The predicted molar refractivity (Wildman–Crippen MR) is 139 cm³/mol. The Bertz CT molecular complexity index is 1320. The van der Waals surface area contributed by atoms with Crippen molar-refractivity contribution in [3.05, 3.63) is 102 Å². The molecule has 6 heteroatoms. The van der Waals surface area contributed by atoms with Crippen molar-refractivity contribution < 1.29 is 8.78 Å². The van der Waals surface area contributed by atoms with E-state index < -0.39 is 0 Å². The smallest absolute Gasteiger partial charge is 0.131 e. The molecule has 2 aliphatic heterocycles. The fourth-order valence-corrected chi connectivity index (χ4v) is 5.52. The van der Waals surface area contributed by atoms with Crippen LogP contribution in [0.3, 0.4) is 0 Å². The lowest BCUT2D eigenvalue weighted by Gasteiger charge is -2.35. The number of allylic oxidation sites excluding steroid dienone is 3.